The Hall–Kier alpha value is -2.46. The molecule has 1 N–H and O–H groups in total. The number of carbonyl (C=O) groups excluding carboxylic acids is 1. The second-order valence-corrected chi connectivity index (χ2v) is 10.2. The summed E-state index contributed by atoms with van der Waals surface area (Å²) in [6, 6.07) is 7.85. The van der Waals surface area contributed by atoms with Crippen LogP contribution in [0.3, 0.4) is 0 Å². The molecule has 1 aliphatic carbocycles. The molecule has 2 aromatic heterocycles. The first kappa shape index (κ1) is 23.7. The van der Waals surface area contributed by atoms with Crippen molar-refractivity contribution in [2.24, 2.45) is 7.05 Å². The summed E-state index contributed by atoms with van der Waals surface area (Å²) in [6.45, 7) is 2.87. The molecule has 1 saturated carbocycles. The predicted octanol–water partition coefficient (Wildman–Crippen LogP) is 5.29. The normalized spacial score (nSPS) is 14.4. The van der Waals surface area contributed by atoms with Crippen LogP contribution >= 0.6 is 23.1 Å². The van der Waals surface area contributed by atoms with Gasteiger partial charge in [0, 0.05) is 18.5 Å². The van der Waals surface area contributed by atoms with Crippen LogP contribution in [0.1, 0.15) is 62.8 Å². The molecule has 176 valence electrons. The van der Waals surface area contributed by atoms with E-state index in [9.17, 15) is 4.79 Å². The smallest absolute Gasteiger partial charge is 0.236 e. The summed E-state index contributed by atoms with van der Waals surface area (Å²) < 4.78 is 7.62. The van der Waals surface area contributed by atoms with Crippen LogP contribution in [0.2, 0.25) is 0 Å². The molecule has 33 heavy (non-hydrogen) atoms. The number of hydrogen-bond acceptors (Lipinski definition) is 8. The SMILES string of the molecule is CCCCOc1ccc(-c2nnc(SCC(=O)Nc3nnc(C4CCCCC4)s3)n2C)cc1. The molecule has 0 radical (unpaired) electrons. The average Bonchev–Trinajstić information content (AvgIpc) is 3.45. The third kappa shape index (κ3) is 6.32. The Kier molecular flexibility index (Phi) is 8.33. The highest BCUT2D eigenvalue weighted by Gasteiger charge is 2.20. The molecule has 1 aliphatic rings. The van der Waals surface area contributed by atoms with E-state index in [0.29, 0.717) is 16.2 Å². The molecular formula is C23H30N6O2S2. The van der Waals surface area contributed by atoms with Crippen molar-refractivity contribution in [2.75, 3.05) is 17.7 Å². The molecule has 0 spiro atoms. The topological polar surface area (TPSA) is 94.8 Å². The van der Waals surface area contributed by atoms with Crippen LogP contribution in [0.15, 0.2) is 29.4 Å². The van der Waals surface area contributed by atoms with Crippen molar-refractivity contribution in [3.63, 3.8) is 0 Å². The molecule has 0 aliphatic heterocycles. The number of aromatic nitrogens is 5. The molecule has 2 heterocycles. The zero-order chi connectivity index (χ0) is 23.0. The number of rotatable bonds is 10. The molecule has 10 heteroatoms. The van der Waals surface area contributed by atoms with Gasteiger partial charge in [0.05, 0.1) is 12.4 Å². The number of unbranched alkanes of at least 4 members (excludes halogenated alkanes) is 1. The monoisotopic (exact) mass is 486 g/mol. The van der Waals surface area contributed by atoms with E-state index in [1.54, 1.807) is 0 Å². The molecular weight excluding hydrogens is 456 g/mol. The van der Waals surface area contributed by atoms with Crippen molar-refractivity contribution in [3.8, 4) is 17.1 Å². The summed E-state index contributed by atoms with van der Waals surface area (Å²) in [7, 11) is 1.91. The highest BCUT2D eigenvalue weighted by molar-refractivity contribution is 7.99. The van der Waals surface area contributed by atoms with Gasteiger partial charge in [0.25, 0.3) is 0 Å². The van der Waals surface area contributed by atoms with Gasteiger partial charge in [0.15, 0.2) is 11.0 Å². The van der Waals surface area contributed by atoms with E-state index in [-0.39, 0.29) is 11.7 Å². The van der Waals surface area contributed by atoms with Gasteiger partial charge in [-0.15, -0.1) is 20.4 Å². The van der Waals surface area contributed by atoms with Crippen LogP contribution in [0.4, 0.5) is 5.13 Å². The number of ether oxygens (including phenoxy) is 1. The first-order valence-corrected chi connectivity index (χ1v) is 13.3. The van der Waals surface area contributed by atoms with Crippen molar-refractivity contribution >= 4 is 34.1 Å². The number of carbonyl (C=O) groups is 1. The Morgan fingerprint density at radius 3 is 2.70 bits per heavy atom. The number of thioether (sulfide) groups is 1. The molecule has 0 saturated heterocycles. The molecule has 0 unspecified atom stereocenters. The minimum atomic E-state index is -0.121. The average molecular weight is 487 g/mol. The van der Waals surface area contributed by atoms with Crippen molar-refractivity contribution in [1.82, 2.24) is 25.0 Å². The van der Waals surface area contributed by atoms with E-state index in [0.717, 1.165) is 41.6 Å². The van der Waals surface area contributed by atoms with Gasteiger partial charge in [-0.1, -0.05) is 55.7 Å². The van der Waals surface area contributed by atoms with Crippen LogP contribution in [0, 0.1) is 0 Å². The van der Waals surface area contributed by atoms with Gasteiger partial charge < -0.3 is 9.30 Å². The predicted molar refractivity (Wildman–Crippen MR) is 132 cm³/mol. The van der Waals surface area contributed by atoms with Crippen LogP contribution < -0.4 is 10.1 Å². The molecule has 1 aromatic carbocycles. The number of anilines is 1. The lowest BCUT2D eigenvalue weighted by atomic mass is 9.90. The van der Waals surface area contributed by atoms with Gasteiger partial charge >= 0.3 is 0 Å². The number of nitrogens with one attached hydrogen (secondary N) is 1. The standard InChI is InChI=1S/C23H30N6O2S2/c1-3-4-14-31-18-12-10-16(11-13-18)20-25-28-23(29(20)2)32-15-19(30)24-22-27-26-21(33-22)17-8-6-5-7-9-17/h10-13,17H,3-9,14-15H2,1-2H3,(H,24,27,30). The van der Waals surface area contributed by atoms with E-state index >= 15 is 0 Å². The fourth-order valence-corrected chi connectivity index (χ4v) is 5.45. The van der Waals surface area contributed by atoms with Crippen LogP contribution in [0.5, 0.6) is 5.75 Å². The fourth-order valence-electron chi connectivity index (χ4n) is 3.81. The minimum absolute atomic E-state index is 0.121. The number of amides is 1. The maximum absolute atomic E-state index is 12.4. The fraction of sp³-hybridized carbons (Fsp3) is 0.522. The Labute approximate surface area is 202 Å². The lowest BCUT2D eigenvalue weighted by molar-refractivity contribution is -0.113. The van der Waals surface area contributed by atoms with E-state index < -0.39 is 0 Å². The summed E-state index contributed by atoms with van der Waals surface area (Å²) in [5.74, 6) is 2.20. The van der Waals surface area contributed by atoms with E-state index in [1.807, 2.05) is 35.9 Å². The summed E-state index contributed by atoms with van der Waals surface area (Å²) in [4.78, 5) is 12.4. The van der Waals surface area contributed by atoms with Crippen LogP contribution in [-0.2, 0) is 11.8 Å². The van der Waals surface area contributed by atoms with Crippen molar-refractivity contribution < 1.29 is 9.53 Å². The molecule has 3 aromatic rings. The Morgan fingerprint density at radius 2 is 1.94 bits per heavy atom. The van der Waals surface area contributed by atoms with Gasteiger partial charge in [0.2, 0.25) is 11.0 Å². The van der Waals surface area contributed by atoms with Crippen LogP contribution in [0.25, 0.3) is 11.4 Å². The zero-order valence-electron chi connectivity index (χ0n) is 19.1. The molecule has 0 bridgehead atoms. The molecule has 4 rings (SSSR count). The van der Waals surface area contributed by atoms with Gasteiger partial charge in [-0.25, -0.2) is 0 Å². The largest absolute Gasteiger partial charge is 0.494 e. The maximum Gasteiger partial charge on any atom is 0.236 e. The molecule has 1 fully saturated rings. The molecule has 1 amide bonds. The summed E-state index contributed by atoms with van der Waals surface area (Å²) in [5.41, 5.74) is 0.952. The Bertz CT molecular complexity index is 1040. The number of nitrogens with zero attached hydrogens (tertiary/aromatic N) is 5. The van der Waals surface area contributed by atoms with E-state index in [1.165, 1.54) is 55.2 Å². The van der Waals surface area contributed by atoms with Crippen molar-refractivity contribution in [1.29, 1.82) is 0 Å². The number of hydrogen-bond donors (Lipinski definition) is 1. The zero-order valence-corrected chi connectivity index (χ0v) is 20.8. The van der Waals surface area contributed by atoms with E-state index in [4.69, 9.17) is 4.74 Å². The highest BCUT2D eigenvalue weighted by Crippen LogP contribution is 2.35. The number of benzene rings is 1. The molecule has 0 atom stereocenters. The minimum Gasteiger partial charge on any atom is -0.494 e. The first-order valence-electron chi connectivity index (χ1n) is 11.5. The van der Waals surface area contributed by atoms with Gasteiger partial charge in [-0.2, -0.15) is 0 Å². The van der Waals surface area contributed by atoms with Gasteiger partial charge in [-0.05, 0) is 43.5 Å². The summed E-state index contributed by atoms with van der Waals surface area (Å²) in [5, 5.41) is 22.2. The van der Waals surface area contributed by atoms with E-state index in [2.05, 4.69) is 32.6 Å². The third-order valence-corrected chi connectivity index (χ3v) is 7.71. The quantitative estimate of drug-likeness (QED) is 0.307. The Balaban J connectivity index is 1.29. The van der Waals surface area contributed by atoms with Gasteiger partial charge in [-0.3, -0.25) is 10.1 Å². The lowest BCUT2D eigenvalue weighted by Gasteiger charge is -2.18. The van der Waals surface area contributed by atoms with Crippen LogP contribution in [-0.4, -0.2) is 43.2 Å². The second-order valence-electron chi connectivity index (χ2n) is 8.21. The summed E-state index contributed by atoms with van der Waals surface area (Å²) in [6.07, 6.45) is 8.29. The lowest BCUT2D eigenvalue weighted by Crippen LogP contribution is -2.14. The second kappa shape index (κ2) is 11.6. The molecule has 8 nitrogen and oxygen atoms in total. The highest BCUT2D eigenvalue weighted by atomic mass is 32.2. The first-order chi connectivity index (χ1) is 16.1. The van der Waals surface area contributed by atoms with Gasteiger partial charge in [0.1, 0.15) is 10.8 Å². The maximum atomic E-state index is 12.4. The summed E-state index contributed by atoms with van der Waals surface area (Å²) >= 11 is 2.84. The Morgan fingerprint density at radius 1 is 1.15 bits per heavy atom. The van der Waals surface area contributed by atoms with Crippen molar-refractivity contribution in [2.45, 2.75) is 62.9 Å². The van der Waals surface area contributed by atoms with Crippen molar-refractivity contribution in [3.05, 3.63) is 29.3 Å². The third-order valence-electron chi connectivity index (χ3n) is 5.69.